The predicted octanol–water partition coefficient (Wildman–Crippen LogP) is 2.36. The molecule has 0 fully saturated rings. The number of rotatable bonds is 6. The number of hydrogen-bond donors (Lipinski definition) is 2. The first-order valence-electron chi connectivity index (χ1n) is 6.51. The van der Waals surface area contributed by atoms with Crippen LogP contribution in [0, 0.1) is 0 Å². The van der Waals surface area contributed by atoms with Gasteiger partial charge in [-0.3, -0.25) is 0 Å². The topological polar surface area (TPSA) is 73.9 Å². The number of hydrogen-bond acceptors (Lipinski definition) is 5. The van der Waals surface area contributed by atoms with Crippen molar-refractivity contribution >= 4 is 5.69 Å². The number of ether oxygens (including phenoxy) is 3. The van der Waals surface area contributed by atoms with Crippen LogP contribution in [-0.4, -0.2) is 19.3 Å². The fourth-order valence-electron chi connectivity index (χ4n) is 1.97. The second kappa shape index (κ2) is 6.85. The summed E-state index contributed by atoms with van der Waals surface area (Å²) in [6.07, 6.45) is 0. The molecule has 0 bridgehead atoms. The number of nitrogen functional groups attached to an aromatic ring is 1. The molecule has 0 aliphatic rings. The second-order valence-electron chi connectivity index (χ2n) is 4.50. The molecule has 2 rings (SSSR count). The van der Waals surface area contributed by atoms with Crippen molar-refractivity contribution in [2.24, 2.45) is 0 Å². The van der Waals surface area contributed by atoms with Gasteiger partial charge in [0, 0.05) is 17.3 Å². The molecular weight excluding hydrogens is 270 g/mol. The molecular formula is C16H19NO4. The summed E-state index contributed by atoms with van der Waals surface area (Å²) in [4.78, 5) is 0. The monoisotopic (exact) mass is 289 g/mol. The lowest BCUT2D eigenvalue weighted by molar-refractivity contribution is 0.271. The molecule has 5 heteroatoms. The highest BCUT2D eigenvalue weighted by Gasteiger charge is 2.08. The van der Waals surface area contributed by atoms with Crippen molar-refractivity contribution in [1.82, 2.24) is 0 Å². The van der Waals surface area contributed by atoms with E-state index in [-0.39, 0.29) is 6.61 Å². The zero-order chi connectivity index (χ0) is 15.2. The Bertz CT molecular complexity index is 613. The van der Waals surface area contributed by atoms with E-state index in [1.807, 2.05) is 6.07 Å². The lowest BCUT2D eigenvalue weighted by atomic mass is 10.2. The number of anilines is 1. The van der Waals surface area contributed by atoms with Crippen LogP contribution < -0.4 is 19.9 Å². The minimum absolute atomic E-state index is 0.0393. The Kier molecular flexibility index (Phi) is 4.90. The molecule has 0 unspecified atom stereocenters. The van der Waals surface area contributed by atoms with Gasteiger partial charge in [-0.2, -0.15) is 0 Å². The van der Waals surface area contributed by atoms with Crippen molar-refractivity contribution in [2.75, 3.05) is 20.0 Å². The summed E-state index contributed by atoms with van der Waals surface area (Å²) >= 11 is 0. The van der Waals surface area contributed by atoms with E-state index in [2.05, 4.69) is 0 Å². The zero-order valence-electron chi connectivity index (χ0n) is 12.1. The average molecular weight is 289 g/mol. The van der Waals surface area contributed by atoms with Crippen LogP contribution in [0.3, 0.4) is 0 Å². The van der Waals surface area contributed by atoms with E-state index in [1.54, 1.807) is 44.6 Å². The molecule has 5 nitrogen and oxygen atoms in total. The smallest absolute Gasteiger partial charge is 0.161 e. The molecule has 0 amide bonds. The highest BCUT2D eigenvalue weighted by molar-refractivity contribution is 5.49. The van der Waals surface area contributed by atoms with Crippen molar-refractivity contribution in [3.8, 4) is 17.2 Å². The lowest BCUT2D eigenvalue weighted by Crippen LogP contribution is -2.01. The van der Waals surface area contributed by atoms with Crippen molar-refractivity contribution in [2.45, 2.75) is 13.2 Å². The summed E-state index contributed by atoms with van der Waals surface area (Å²) in [7, 11) is 3.15. The van der Waals surface area contributed by atoms with Crippen LogP contribution >= 0.6 is 0 Å². The van der Waals surface area contributed by atoms with Gasteiger partial charge in [-0.25, -0.2) is 0 Å². The third kappa shape index (κ3) is 3.58. The lowest BCUT2D eigenvalue weighted by Gasteiger charge is -2.13. The Labute approximate surface area is 123 Å². The number of aliphatic hydroxyl groups excluding tert-OH is 1. The molecule has 21 heavy (non-hydrogen) atoms. The minimum Gasteiger partial charge on any atom is -0.496 e. The third-order valence-corrected chi connectivity index (χ3v) is 3.10. The van der Waals surface area contributed by atoms with E-state index in [9.17, 15) is 0 Å². The van der Waals surface area contributed by atoms with E-state index in [1.165, 1.54) is 0 Å². The summed E-state index contributed by atoms with van der Waals surface area (Å²) in [5.74, 6) is 1.87. The van der Waals surface area contributed by atoms with E-state index in [0.29, 0.717) is 29.5 Å². The van der Waals surface area contributed by atoms with Crippen LogP contribution in [0.5, 0.6) is 17.2 Å². The minimum atomic E-state index is -0.0393. The Balaban J connectivity index is 2.16. The van der Waals surface area contributed by atoms with Gasteiger partial charge in [-0.1, -0.05) is 6.07 Å². The molecule has 2 aromatic rings. The van der Waals surface area contributed by atoms with Crippen LogP contribution in [0.1, 0.15) is 11.1 Å². The van der Waals surface area contributed by atoms with E-state index in [4.69, 9.17) is 25.1 Å². The molecule has 3 N–H and O–H groups in total. The first-order valence-corrected chi connectivity index (χ1v) is 6.51. The number of aliphatic hydroxyl groups is 1. The molecule has 0 saturated heterocycles. The summed E-state index contributed by atoms with van der Waals surface area (Å²) in [6.45, 7) is 0.292. The van der Waals surface area contributed by atoms with E-state index in [0.717, 1.165) is 11.1 Å². The van der Waals surface area contributed by atoms with Crippen molar-refractivity contribution in [1.29, 1.82) is 0 Å². The number of benzene rings is 2. The largest absolute Gasteiger partial charge is 0.496 e. The standard InChI is InChI=1S/C16H19NO4/c1-19-15-8-13(17)5-4-12(15)10-21-14-6-3-11(9-18)7-16(14)20-2/h3-8,18H,9-10,17H2,1-2H3. The van der Waals surface area contributed by atoms with E-state index >= 15 is 0 Å². The van der Waals surface area contributed by atoms with Gasteiger partial charge in [0.15, 0.2) is 11.5 Å². The van der Waals surface area contributed by atoms with Crippen molar-refractivity contribution in [3.05, 3.63) is 47.5 Å². The van der Waals surface area contributed by atoms with Crippen LogP contribution in [0.25, 0.3) is 0 Å². The van der Waals surface area contributed by atoms with Gasteiger partial charge < -0.3 is 25.1 Å². The maximum atomic E-state index is 9.13. The first kappa shape index (κ1) is 15.0. The normalized spacial score (nSPS) is 10.2. The first-order chi connectivity index (χ1) is 10.2. The number of methoxy groups -OCH3 is 2. The molecule has 0 heterocycles. The Morgan fingerprint density at radius 3 is 2.38 bits per heavy atom. The van der Waals surface area contributed by atoms with Crippen molar-refractivity contribution in [3.63, 3.8) is 0 Å². The third-order valence-electron chi connectivity index (χ3n) is 3.10. The van der Waals surface area contributed by atoms with Crippen LogP contribution in [-0.2, 0) is 13.2 Å². The summed E-state index contributed by atoms with van der Waals surface area (Å²) < 4.78 is 16.3. The van der Waals surface area contributed by atoms with Gasteiger partial charge in [-0.15, -0.1) is 0 Å². The second-order valence-corrected chi connectivity index (χ2v) is 4.50. The molecule has 112 valence electrons. The quantitative estimate of drug-likeness (QED) is 0.799. The predicted molar refractivity (Wildman–Crippen MR) is 80.7 cm³/mol. The van der Waals surface area contributed by atoms with Gasteiger partial charge in [-0.05, 0) is 29.8 Å². The molecule has 0 atom stereocenters. The van der Waals surface area contributed by atoms with Crippen LogP contribution in [0.2, 0.25) is 0 Å². The fraction of sp³-hybridized carbons (Fsp3) is 0.250. The van der Waals surface area contributed by atoms with Gasteiger partial charge in [0.2, 0.25) is 0 Å². The maximum absolute atomic E-state index is 9.13. The molecule has 0 aromatic heterocycles. The Morgan fingerprint density at radius 1 is 0.952 bits per heavy atom. The highest BCUT2D eigenvalue weighted by atomic mass is 16.5. The Hall–Kier alpha value is -2.40. The summed E-state index contributed by atoms with van der Waals surface area (Å²) in [5.41, 5.74) is 8.02. The molecule has 0 aliphatic heterocycles. The molecule has 2 aromatic carbocycles. The fourth-order valence-corrected chi connectivity index (χ4v) is 1.97. The SMILES string of the molecule is COc1cc(N)ccc1COc1ccc(CO)cc1OC. The average Bonchev–Trinajstić information content (AvgIpc) is 2.53. The number of nitrogens with two attached hydrogens (primary N) is 1. The summed E-state index contributed by atoms with van der Waals surface area (Å²) in [6, 6.07) is 10.7. The van der Waals surface area contributed by atoms with Crippen LogP contribution in [0.15, 0.2) is 36.4 Å². The molecule has 0 radical (unpaired) electrons. The maximum Gasteiger partial charge on any atom is 0.161 e. The van der Waals surface area contributed by atoms with Gasteiger partial charge in [0.1, 0.15) is 12.4 Å². The molecule has 0 aliphatic carbocycles. The van der Waals surface area contributed by atoms with Gasteiger partial charge in [0.25, 0.3) is 0 Å². The van der Waals surface area contributed by atoms with E-state index < -0.39 is 0 Å². The Morgan fingerprint density at radius 2 is 1.71 bits per heavy atom. The van der Waals surface area contributed by atoms with Gasteiger partial charge >= 0.3 is 0 Å². The van der Waals surface area contributed by atoms with Gasteiger partial charge in [0.05, 0.1) is 20.8 Å². The van der Waals surface area contributed by atoms with Crippen molar-refractivity contribution < 1.29 is 19.3 Å². The zero-order valence-corrected chi connectivity index (χ0v) is 12.1. The highest BCUT2D eigenvalue weighted by Crippen LogP contribution is 2.30. The van der Waals surface area contributed by atoms with Crippen LogP contribution in [0.4, 0.5) is 5.69 Å². The molecule has 0 saturated carbocycles. The summed E-state index contributed by atoms with van der Waals surface area (Å²) in [5, 5.41) is 9.13. The molecule has 0 spiro atoms.